The van der Waals surface area contributed by atoms with E-state index in [1.54, 1.807) is 6.07 Å². The van der Waals surface area contributed by atoms with Crippen molar-refractivity contribution in [3.8, 4) is 22.6 Å². The first-order valence-corrected chi connectivity index (χ1v) is 13.8. The number of aliphatic hydroxyl groups is 1. The van der Waals surface area contributed by atoms with Crippen LogP contribution >= 0.6 is 0 Å². The Kier molecular flexibility index (Phi) is 7.43. The standard InChI is InChI=1S/C33H37FO5/c1-6-37-32(36)27-17-26(27)21-7-9-22(10-8-21)38-29-14-12-25-24(11-13-28(34)31(25)29)30-19(2)15-23(16-20(30)3)39-33(4,5)18-35/h7-11,13,15-16,26-27,29,35H,6,12,14,17-18H2,1-5H3/t26-,27+,29-/m1/s1. The van der Waals surface area contributed by atoms with Gasteiger partial charge in [0.05, 0.1) is 19.1 Å². The lowest BCUT2D eigenvalue weighted by Gasteiger charge is -2.25. The summed E-state index contributed by atoms with van der Waals surface area (Å²) < 4.78 is 32.7. The van der Waals surface area contributed by atoms with Crippen LogP contribution < -0.4 is 9.47 Å². The molecule has 0 spiro atoms. The number of carbonyl (C=O) groups is 1. The topological polar surface area (TPSA) is 65.0 Å². The van der Waals surface area contributed by atoms with Gasteiger partial charge in [-0.05, 0) is 124 Å². The van der Waals surface area contributed by atoms with Gasteiger partial charge in [-0.1, -0.05) is 18.2 Å². The Labute approximate surface area is 229 Å². The van der Waals surface area contributed by atoms with Crippen LogP contribution in [0.15, 0.2) is 48.5 Å². The first-order valence-electron chi connectivity index (χ1n) is 13.8. The van der Waals surface area contributed by atoms with Crippen LogP contribution in [0.2, 0.25) is 0 Å². The Balaban J connectivity index is 1.36. The predicted octanol–water partition coefficient (Wildman–Crippen LogP) is 6.99. The second-order valence-electron chi connectivity index (χ2n) is 11.4. The fourth-order valence-electron chi connectivity index (χ4n) is 5.82. The van der Waals surface area contributed by atoms with Gasteiger partial charge in [0.15, 0.2) is 0 Å². The van der Waals surface area contributed by atoms with Gasteiger partial charge in [-0.3, -0.25) is 4.79 Å². The molecule has 3 aromatic rings. The zero-order chi connectivity index (χ0) is 27.9. The molecule has 5 rings (SSSR count). The lowest BCUT2D eigenvalue weighted by Crippen LogP contribution is -2.32. The summed E-state index contributed by atoms with van der Waals surface area (Å²) in [6, 6.07) is 15.2. The highest BCUT2D eigenvalue weighted by Crippen LogP contribution is 2.49. The Morgan fingerprint density at radius 3 is 2.38 bits per heavy atom. The zero-order valence-electron chi connectivity index (χ0n) is 23.3. The number of halogens is 1. The van der Waals surface area contributed by atoms with Gasteiger partial charge >= 0.3 is 5.97 Å². The lowest BCUT2D eigenvalue weighted by atomic mass is 9.90. The average Bonchev–Trinajstić information content (AvgIpc) is 3.58. The van der Waals surface area contributed by atoms with Crippen molar-refractivity contribution in [2.45, 2.75) is 71.5 Å². The van der Waals surface area contributed by atoms with Crippen LogP contribution in [-0.4, -0.2) is 29.9 Å². The minimum atomic E-state index is -0.679. The number of carbonyl (C=O) groups excluding carboxylic acids is 1. The number of hydrogen-bond donors (Lipinski definition) is 1. The first kappa shape index (κ1) is 27.2. The highest BCUT2D eigenvalue weighted by molar-refractivity contribution is 5.78. The number of fused-ring (bicyclic) bond motifs is 1. The number of aryl methyl sites for hydroxylation is 2. The second kappa shape index (κ2) is 10.6. The first-order chi connectivity index (χ1) is 18.6. The minimum absolute atomic E-state index is 0.0559. The van der Waals surface area contributed by atoms with Crippen molar-refractivity contribution in [3.05, 3.63) is 82.2 Å². The fraction of sp³-hybridized carbons (Fsp3) is 0.424. The molecule has 0 amide bonds. The molecule has 0 heterocycles. The molecule has 0 bridgehead atoms. The molecule has 1 fully saturated rings. The summed E-state index contributed by atoms with van der Waals surface area (Å²) in [6.45, 7) is 9.90. The van der Waals surface area contributed by atoms with Gasteiger partial charge in [-0.2, -0.15) is 0 Å². The number of benzene rings is 3. The van der Waals surface area contributed by atoms with E-state index in [1.165, 1.54) is 0 Å². The quantitative estimate of drug-likeness (QED) is 0.301. The van der Waals surface area contributed by atoms with E-state index in [-0.39, 0.29) is 36.3 Å². The average molecular weight is 533 g/mol. The maximum Gasteiger partial charge on any atom is 0.309 e. The summed E-state index contributed by atoms with van der Waals surface area (Å²) in [5.74, 6) is 1.16. The largest absolute Gasteiger partial charge is 0.486 e. The number of ether oxygens (including phenoxy) is 3. The minimum Gasteiger partial charge on any atom is -0.486 e. The molecule has 1 saturated carbocycles. The predicted molar refractivity (Wildman–Crippen MR) is 149 cm³/mol. The van der Waals surface area contributed by atoms with Gasteiger partial charge in [0.1, 0.15) is 29.0 Å². The van der Waals surface area contributed by atoms with Crippen LogP contribution in [0, 0.1) is 25.6 Å². The third-order valence-corrected chi connectivity index (χ3v) is 7.80. The molecule has 2 aliphatic rings. The zero-order valence-corrected chi connectivity index (χ0v) is 23.3. The molecule has 0 aliphatic heterocycles. The van der Waals surface area contributed by atoms with Crippen LogP contribution in [0.4, 0.5) is 4.39 Å². The Morgan fingerprint density at radius 1 is 1.05 bits per heavy atom. The fourth-order valence-corrected chi connectivity index (χ4v) is 5.82. The maximum absolute atomic E-state index is 15.2. The van der Waals surface area contributed by atoms with E-state index in [2.05, 4.69) is 0 Å². The normalized spacial score (nSPS) is 19.9. The summed E-state index contributed by atoms with van der Waals surface area (Å²) in [7, 11) is 0. The molecular weight excluding hydrogens is 495 g/mol. The van der Waals surface area contributed by atoms with Crippen LogP contribution in [0.1, 0.15) is 73.5 Å². The smallest absolute Gasteiger partial charge is 0.309 e. The van der Waals surface area contributed by atoms with Crippen LogP contribution in [0.3, 0.4) is 0 Å². The lowest BCUT2D eigenvalue weighted by molar-refractivity contribution is -0.144. The Bertz CT molecular complexity index is 1350. The number of hydrogen-bond acceptors (Lipinski definition) is 5. The highest BCUT2D eigenvalue weighted by Gasteiger charge is 2.45. The van der Waals surface area contributed by atoms with Crippen molar-refractivity contribution >= 4 is 5.97 Å². The van der Waals surface area contributed by atoms with Gasteiger partial charge in [0, 0.05) is 5.56 Å². The molecule has 206 valence electrons. The summed E-state index contributed by atoms with van der Waals surface area (Å²) >= 11 is 0. The molecular formula is C33H37FO5. The van der Waals surface area contributed by atoms with E-state index in [0.717, 1.165) is 46.2 Å². The number of rotatable bonds is 9. The molecule has 5 nitrogen and oxygen atoms in total. The van der Waals surface area contributed by atoms with Crippen molar-refractivity contribution in [1.82, 2.24) is 0 Å². The van der Waals surface area contributed by atoms with E-state index >= 15 is 4.39 Å². The summed E-state index contributed by atoms with van der Waals surface area (Å²) in [6.07, 6.45) is 1.87. The Hall–Kier alpha value is -3.38. The van der Waals surface area contributed by atoms with Crippen LogP contribution in [-0.2, 0) is 16.0 Å². The molecule has 0 saturated heterocycles. The molecule has 1 N–H and O–H groups in total. The van der Waals surface area contributed by atoms with Crippen molar-refractivity contribution in [2.24, 2.45) is 5.92 Å². The van der Waals surface area contributed by atoms with Crippen LogP contribution in [0.5, 0.6) is 11.5 Å². The van der Waals surface area contributed by atoms with Crippen molar-refractivity contribution in [1.29, 1.82) is 0 Å². The molecule has 0 aromatic heterocycles. The SMILES string of the molecule is CCOC(=O)[C@H]1C[C@@H]1c1ccc(O[C@@H]2CCc3c(-c4c(C)cc(OC(C)(C)CO)cc4C)ccc(F)c32)cc1. The molecule has 0 radical (unpaired) electrons. The van der Waals surface area contributed by atoms with Gasteiger partial charge in [-0.25, -0.2) is 4.39 Å². The van der Waals surface area contributed by atoms with E-state index in [4.69, 9.17) is 14.2 Å². The summed E-state index contributed by atoms with van der Waals surface area (Å²) in [5.41, 5.74) is 6.20. The summed E-state index contributed by atoms with van der Waals surface area (Å²) in [4.78, 5) is 12.0. The van der Waals surface area contributed by atoms with Crippen molar-refractivity contribution in [3.63, 3.8) is 0 Å². The number of esters is 1. The molecule has 0 unspecified atom stereocenters. The third kappa shape index (κ3) is 5.53. The number of aliphatic hydroxyl groups excluding tert-OH is 1. The highest BCUT2D eigenvalue weighted by atomic mass is 19.1. The van der Waals surface area contributed by atoms with Gasteiger partial charge in [0.2, 0.25) is 0 Å². The monoisotopic (exact) mass is 532 g/mol. The van der Waals surface area contributed by atoms with E-state index < -0.39 is 5.60 Å². The maximum atomic E-state index is 15.2. The molecule has 2 aliphatic carbocycles. The second-order valence-corrected chi connectivity index (χ2v) is 11.4. The molecule has 6 heteroatoms. The van der Waals surface area contributed by atoms with E-state index in [1.807, 2.05) is 77.1 Å². The van der Waals surface area contributed by atoms with Gasteiger partial charge in [-0.15, -0.1) is 0 Å². The molecule has 3 atom stereocenters. The summed E-state index contributed by atoms with van der Waals surface area (Å²) in [5, 5.41) is 9.59. The van der Waals surface area contributed by atoms with Gasteiger partial charge < -0.3 is 19.3 Å². The third-order valence-electron chi connectivity index (χ3n) is 7.80. The molecule has 39 heavy (non-hydrogen) atoms. The van der Waals surface area contributed by atoms with E-state index in [0.29, 0.717) is 30.1 Å². The van der Waals surface area contributed by atoms with E-state index in [9.17, 15) is 9.90 Å². The van der Waals surface area contributed by atoms with Crippen molar-refractivity contribution < 1.29 is 28.5 Å². The van der Waals surface area contributed by atoms with Crippen molar-refractivity contribution in [2.75, 3.05) is 13.2 Å². The molecule has 3 aromatic carbocycles. The Morgan fingerprint density at radius 2 is 1.74 bits per heavy atom. The van der Waals surface area contributed by atoms with Crippen LogP contribution in [0.25, 0.3) is 11.1 Å². The van der Waals surface area contributed by atoms with Gasteiger partial charge in [0.25, 0.3) is 0 Å².